The first kappa shape index (κ1) is 17.4. The maximum absolute atomic E-state index is 13.6. The lowest BCUT2D eigenvalue weighted by molar-refractivity contribution is 0.0657. The number of carbonyl (C=O) groups is 1. The summed E-state index contributed by atoms with van der Waals surface area (Å²) in [6.45, 7) is 0.686. The molecule has 5 heteroatoms. The highest BCUT2D eigenvalue weighted by Crippen LogP contribution is 2.54. The van der Waals surface area contributed by atoms with Crippen LogP contribution in [0.3, 0.4) is 0 Å². The molecule has 0 bridgehead atoms. The summed E-state index contributed by atoms with van der Waals surface area (Å²) >= 11 is 3.59. The van der Waals surface area contributed by atoms with Gasteiger partial charge < -0.3 is 14.9 Å². The van der Waals surface area contributed by atoms with E-state index in [1.165, 1.54) is 10.9 Å². The summed E-state index contributed by atoms with van der Waals surface area (Å²) in [6.07, 6.45) is 2.93. The summed E-state index contributed by atoms with van der Waals surface area (Å²) in [5.74, 6) is 0.103. The molecule has 0 fully saturated rings. The van der Waals surface area contributed by atoms with E-state index in [1.54, 1.807) is 0 Å². The molecule has 2 aliphatic rings. The van der Waals surface area contributed by atoms with E-state index < -0.39 is 5.54 Å². The fraction of sp³-hybridized carbons (Fsp3) is 0.115. The summed E-state index contributed by atoms with van der Waals surface area (Å²) in [4.78, 5) is 22.9. The summed E-state index contributed by atoms with van der Waals surface area (Å²) in [7, 11) is 0. The third kappa shape index (κ3) is 2.02. The summed E-state index contributed by atoms with van der Waals surface area (Å²) < 4.78 is 1.03. The zero-order chi connectivity index (χ0) is 20.7. The van der Waals surface area contributed by atoms with Gasteiger partial charge in [-0.15, -0.1) is 0 Å². The van der Waals surface area contributed by atoms with E-state index in [1.807, 2.05) is 18.2 Å². The van der Waals surface area contributed by atoms with Gasteiger partial charge in [-0.2, -0.15) is 0 Å². The Kier molecular flexibility index (Phi) is 3.30. The van der Waals surface area contributed by atoms with E-state index >= 15 is 0 Å². The molecule has 2 aromatic heterocycles. The number of aromatic nitrogens is 2. The number of carbonyl (C=O) groups excluding carboxylic acids is 1. The number of hydrogen-bond donors (Lipinski definition) is 2. The number of aromatic amines is 2. The van der Waals surface area contributed by atoms with Crippen molar-refractivity contribution in [3.8, 4) is 0 Å². The summed E-state index contributed by atoms with van der Waals surface area (Å²) in [6, 6.07) is 22.8. The second kappa shape index (κ2) is 5.89. The number of halogens is 1. The highest BCUT2D eigenvalue weighted by Gasteiger charge is 2.56. The van der Waals surface area contributed by atoms with Gasteiger partial charge in [0.2, 0.25) is 0 Å². The third-order valence-corrected chi connectivity index (χ3v) is 7.48. The van der Waals surface area contributed by atoms with Gasteiger partial charge in [-0.05, 0) is 36.2 Å². The zero-order valence-corrected chi connectivity index (χ0v) is 18.2. The van der Waals surface area contributed by atoms with Gasteiger partial charge in [0.15, 0.2) is 0 Å². The van der Waals surface area contributed by atoms with Crippen molar-refractivity contribution in [1.82, 2.24) is 14.9 Å². The van der Waals surface area contributed by atoms with E-state index in [0.717, 1.165) is 49.7 Å². The molecule has 3 aromatic carbocycles. The maximum atomic E-state index is 13.6. The van der Waals surface area contributed by atoms with Gasteiger partial charge in [0, 0.05) is 55.7 Å². The average molecular weight is 468 g/mol. The number of fused-ring (bicyclic) bond motifs is 8. The molecule has 7 rings (SSSR count). The van der Waals surface area contributed by atoms with E-state index in [-0.39, 0.29) is 5.91 Å². The maximum Gasteiger partial charge on any atom is 0.255 e. The largest absolute Gasteiger partial charge is 0.361 e. The fourth-order valence-corrected chi connectivity index (χ4v) is 6.14. The zero-order valence-electron chi connectivity index (χ0n) is 16.6. The van der Waals surface area contributed by atoms with Crippen molar-refractivity contribution in [3.05, 3.63) is 105 Å². The van der Waals surface area contributed by atoms with Gasteiger partial charge in [-0.3, -0.25) is 4.79 Å². The molecule has 0 unspecified atom stereocenters. The Morgan fingerprint density at radius 1 is 0.903 bits per heavy atom. The number of nitrogens with zero attached hydrogens (tertiary/aromatic N) is 1. The van der Waals surface area contributed by atoms with Crippen LogP contribution in [-0.4, -0.2) is 27.3 Å². The van der Waals surface area contributed by atoms with Crippen LogP contribution in [0.25, 0.3) is 21.8 Å². The number of hydrogen-bond acceptors (Lipinski definition) is 1. The Labute approximate surface area is 187 Å². The molecule has 0 spiro atoms. The normalized spacial score (nSPS) is 19.6. The third-order valence-electron chi connectivity index (χ3n) is 6.99. The first-order valence-corrected chi connectivity index (χ1v) is 11.3. The Balaban J connectivity index is 1.67. The first-order chi connectivity index (χ1) is 15.2. The Morgan fingerprint density at radius 3 is 2.68 bits per heavy atom. The minimum atomic E-state index is -0.674. The topological polar surface area (TPSA) is 51.9 Å². The molecular weight excluding hydrogens is 450 g/mol. The quantitative estimate of drug-likeness (QED) is 0.325. The van der Waals surface area contributed by atoms with Crippen LogP contribution in [0.15, 0.2) is 77.4 Å². The van der Waals surface area contributed by atoms with Gasteiger partial charge in [0.05, 0.1) is 5.69 Å². The summed E-state index contributed by atoms with van der Waals surface area (Å²) in [5, 5.41) is 2.38. The van der Waals surface area contributed by atoms with Crippen LogP contribution in [0, 0.1) is 0 Å². The van der Waals surface area contributed by atoms with Gasteiger partial charge in [-0.1, -0.05) is 58.4 Å². The molecule has 1 amide bonds. The molecule has 1 atom stereocenters. The average Bonchev–Trinajstić information content (AvgIpc) is 3.45. The molecule has 0 saturated carbocycles. The molecule has 4 nitrogen and oxygen atoms in total. The van der Waals surface area contributed by atoms with Crippen molar-refractivity contribution < 1.29 is 4.79 Å². The molecular formula is C26H18BrN3O. The van der Waals surface area contributed by atoms with Gasteiger partial charge in [-0.25, -0.2) is 0 Å². The van der Waals surface area contributed by atoms with Crippen molar-refractivity contribution in [3.63, 3.8) is 0 Å². The molecule has 0 radical (unpaired) electrons. The number of nitrogens with one attached hydrogen (secondary N) is 2. The van der Waals surface area contributed by atoms with Crippen LogP contribution < -0.4 is 0 Å². The summed E-state index contributed by atoms with van der Waals surface area (Å²) in [5.41, 5.74) is 6.88. The first-order valence-electron chi connectivity index (χ1n) is 10.5. The number of rotatable bonds is 1. The van der Waals surface area contributed by atoms with Gasteiger partial charge >= 0.3 is 0 Å². The molecule has 2 aliphatic heterocycles. The Bertz CT molecular complexity index is 1550. The van der Waals surface area contributed by atoms with Crippen molar-refractivity contribution in [2.45, 2.75) is 12.0 Å². The van der Waals surface area contributed by atoms with Crippen molar-refractivity contribution in [2.24, 2.45) is 0 Å². The number of para-hydroxylation sites is 1. The second-order valence-electron chi connectivity index (χ2n) is 8.38. The highest BCUT2D eigenvalue weighted by atomic mass is 79.9. The number of amides is 1. The lowest BCUT2D eigenvalue weighted by Gasteiger charge is -2.43. The van der Waals surface area contributed by atoms with Crippen molar-refractivity contribution in [2.75, 3.05) is 6.54 Å². The smallest absolute Gasteiger partial charge is 0.255 e. The molecule has 31 heavy (non-hydrogen) atoms. The standard InChI is InChI=1S/C26H18BrN3O/c27-15-9-10-18-21(14-28-23(18)13-15)26-20-7-3-1-6-19(20)25(31)30(26)12-11-17-16-5-2-4-8-22(16)29-24(17)26/h1-10,13-14,28-29H,11-12H2/t26-/m1/s1. The lowest BCUT2D eigenvalue weighted by Crippen LogP contribution is -2.50. The van der Waals surface area contributed by atoms with Crippen LogP contribution in [0.2, 0.25) is 0 Å². The molecule has 4 heterocycles. The molecule has 2 N–H and O–H groups in total. The van der Waals surface area contributed by atoms with Gasteiger partial charge in [0.25, 0.3) is 5.91 Å². The molecule has 150 valence electrons. The van der Waals surface area contributed by atoms with E-state index in [9.17, 15) is 4.79 Å². The second-order valence-corrected chi connectivity index (χ2v) is 9.29. The van der Waals surface area contributed by atoms with E-state index in [4.69, 9.17) is 0 Å². The lowest BCUT2D eigenvalue weighted by atomic mass is 9.76. The Morgan fingerprint density at radius 2 is 1.74 bits per heavy atom. The van der Waals surface area contributed by atoms with Crippen LogP contribution in [0.4, 0.5) is 0 Å². The van der Waals surface area contributed by atoms with Crippen LogP contribution in [0.1, 0.15) is 32.7 Å². The van der Waals surface area contributed by atoms with Crippen LogP contribution in [0.5, 0.6) is 0 Å². The number of H-pyrrole nitrogens is 2. The monoisotopic (exact) mass is 467 g/mol. The molecule has 0 aliphatic carbocycles. The van der Waals surface area contributed by atoms with Crippen molar-refractivity contribution >= 4 is 43.6 Å². The SMILES string of the molecule is O=C1c2ccccc2[C@@]2(c3c[nH]c4cc(Br)ccc34)c3[nH]c4ccccc4c3CCN12. The predicted octanol–water partition coefficient (Wildman–Crippen LogP) is 5.72. The fourth-order valence-electron chi connectivity index (χ4n) is 5.78. The minimum Gasteiger partial charge on any atom is -0.361 e. The van der Waals surface area contributed by atoms with Crippen LogP contribution >= 0.6 is 15.9 Å². The molecule has 5 aromatic rings. The predicted molar refractivity (Wildman–Crippen MR) is 125 cm³/mol. The van der Waals surface area contributed by atoms with Crippen molar-refractivity contribution in [1.29, 1.82) is 0 Å². The Hall–Kier alpha value is -3.31. The molecule has 0 saturated heterocycles. The highest BCUT2D eigenvalue weighted by molar-refractivity contribution is 9.10. The minimum absolute atomic E-state index is 0.103. The van der Waals surface area contributed by atoms with E-state index in [2.05, 4.69) is 85.5 Å². The van der Waals surface area contributed by atoms with Gasteiger partial charge in [0.1, 0.15) is 5.54 Å². The van der Waals surface area contributed by atoms with Crippen LogP contribution in [-0.2, 0) is 12.0 Å². The van der Waals surface area contributed by atoms with E-state index in [0.29, 0.717) is 6.54 Å². The number of benzene rings is 3.